The Kier molecular flexibility index (Phi) is 3.60. The Bertz CT molecular complexity index is 489. The average molecular weight is 228 g/mol. The minimum absolute atomic E-state index is 0.0522. The number of carbonyl (C=O) groups is 1. The van der Waals surface area contributed by atoms with Crippen molar-refractivity contribution in [1.29, 1.82) is 0 Å². The topological polar surface area (TPSA) is 44.9 Å². The smallest absolute Gasteiger partial charge is 0.267 e. The molecule has 17 heavy (non-hydrogen) atoms. The summed E-state index contributed by atoms with van der Waals surface area (Å²) in [6.07, 6.45) is 2.61. The van der Waals surface area contributed by atoms with Crippen molar-refractivity contribution in [1.82, 2.24) is 10.3 Å². The number of H-pyrrole nitrogens is 1. The zero-order chi connectivity index (χ0) is 12.1. The highest BCUT2D eigenvalue weighted by Crippen LogP contribution is 2.06. The summed E-state index contributed by atoms with van der Waals surface area (Å²) in [6.45, 7) is 2.74. The number of aromatic nitrogens is 1. The number of hydrogen-bond acceptors (Lipinski definition) is 1. The summed E-state index contributed by atoms with van der Waals surface area (Å²) in [6, 6.07) is 11.8. The van der Waals surface area contributed by atoms with E-state index in [1.165, 1.54) is 11.1 Å². The molecule has 2 aromatic rings. The van der Waals surface area contributed by atoms with E-state index < -0.39 is 0 Å². The Labute approximate surface area is 101 Å². The van der Waals surface area contributed by atoms with Gasteiger partial charge in [0.25, 0.3) is 5.91 Å². The molecule has 0 unspecified atom stereocenters. The highest BCUT2D eigenvalue weighted by Gasteiger charge is 2.04. The molecule has 1 amide bonds. The first kappa shape index (κ1) is 11.5. The van der Waals surface area contributed by atoms with Gasteiger partial charge < -0.3 is 10.3 Å². The van der Waals surface area contributed by atoms with Gasteiger partial charge in [-0.25, -0.2) is 0 Å². The highest BCUT2D eigenvalue weighted by molar-refractivity contribution is 5.92. The summed E-state index contributed by atoms with van der Waals surface area (Å²) < 4.78 is 0. The van der Waals surface area contributed by atoms with Crippen LogP contribution in [0, 0.1) is 6.92 Å². The largest absolute Gasteiger partial charge is 0.357 e. The predicted molar refractivity (Wildman–Crippen MR) is 68.0 cm³/mol. The number of aryl methyl sites for hydroxylation is 1. The first-order valence-electron chi connectivity index (χ1n) is 5.73. The molecule has 0 saturated heterocycles. The molecule has 1 aromatic heterocycles. The zero-order valence-electron chi connectivity index (χ0n) is 9.86. The highest BCUT2D eigenvalue weighted by atomic mass is 16.1. The molecule has 0 radical (unpaired) electrons. The third kappa shape index (κ3) is 2.97. The number of benzene rings is 1. The van der Waals surface area contributed by atoms with Gasteiger partial charge in [-0.2, -0.15) is 0 Å². The fraction of sp³-hybridized carbons (Fsp3) is 0.214. The van der Waals surface area contributed by atoms with Gasteiger partial charge in [-0.05, 0) is 36.6 Å². The lowest BCUT2D eigenvalue weighted by molar-refractivity contribution is 0.0950. The summed E-state index contributed by atoms with van der Waals surface area (Å²) in [5.41, 5.74) is 3.15. The quantitative estimate of drug-likeness (QED) is 0.828. The van der Waals surface area contributed by atoms with Crippen LogP contribution in [0.2, 0.25) is 0 Å². The first-order chi connectivity index (χ1) is 8.27. The van der Waals surface area contributed by atoms with E-state index in [4.69, 9.17) is 0 Å². The van der Waals surface area contributed by atoms with Crippen molar-refractivity contribution in [3.05, 3.63) is 59.4 Å². The van der Waals surface area contributed by atoms with Gasteiger partial charge in [-0.3, -0.25) is 4.79 Å². The molecule has 0 aliphatic rings. The fourth-order valence-corrected chi connectivity index (χ4v) is 1.77. The van der Waals surface area contributed by atoms with Crippen molar-refractivity contribution in [2.45, 2.75) is 13.3 Å². The van der Waals surface area contributed by atoms with Crippen LogP contribution in [0.4, 0.5) is 0 Å². The SMILES string of the molecule is Cc1ccccc1CCNC(=O)c1ccc[nH]1. The molecule has 0 aliphatic carbocycles. The molecule has 0 aliphatic heterocycles. The van der Waals surface area contributed by atoms with Crippen molar-refractivity contribution < 1.29 is 4.79 Å². The van der Waals surface area contributed by atoms with Gasteiger partial charge in [0.15, 0.2) is 0 Å². The predicted octanol–water partition coefficient (Wildman–Crippen LogP) is 2.30. The molecule has 1 heterocycles. The number of nitrogens with one attached hydrogen (secondary N) is 2. The minimum atomic E-state index is -0.0522. The van der Waals surface area contributed by atoms with E-state index >= 15 is 0 Å². The van der Waals surface area contributed by atoms with Crippen LogP contribution in [0.1, 0.15) is 21.6 Å². The van der Waals surface area contributed by atoms with Crippen LogP contribution >= 0.6 is 0 Å². The molecule has 3 heteroatoms. The number of carbonyl (C=O) groups excluding carboxylic acids is 1. The normalized spacial score (nSPS) is 10.2. The lowest BCUT2D eigenvalue weighted by Crippen LogP contribution is -2.26. The Hall–Kier alpha value is -2.03. The van der Waals surface area contributed by atoms with Crippen molar-refractivity contribution in [2.75, 3.05) is 6.54 Å². The number of hydrogen-bond donors (Lipinski definition) is 2. The van der Waals surface area contributed by atoms with Crippen LogP contribution in [0.15, 0.2) is 42.6 Å². The van der Waals surface area contributed by atoms with Crippen LogP contribution in [0.3, 0.4) is 0 Å². The molecule has 0 saturated carbocycles. The van der Waals surface area contributed by atoms with Crippen molar-refractivity contribution >= 4 is 5.91 Å². The molecule has 88 valence electrons. The zero-order valence-corrected chi connectivity index (χ0v) is 9.86. The average Bonchev–Trinajstić information content (AvgIpc) is 2.85. The summed E-state index contributed by atoms with van der Waals surface area (Å²) in [4.78, 5) is 14.5. The monoisotopic (exact) mass is 228 g/mol. The Morgan fingerprint density at radius 3 is 2.76 bits per heavy atom. The standard InChI is InChI=1S/C14H16N2O/c1-11-5-2-3-6-12(11)8-10-16-14(17)13-7-4-9-15-13/h2-7,9,15H,8,10H2,1H3,(H,16,17). The van der Waals surface area contributed by atoms with Gasteiger partial charge in [-0.15, -0.1) is 0 Å². The van der Waals surface area contributed by atoms with Gasteiger partial charge in [0.1, 0.15) is 5.69 Å². The second-order valence-electron chi connectivity index (χ2n) is 4.02. The maximum atomic E-state index is 11.6. The van der Waals surface area contributed by atoms with Gasteiger partial charge >= 0.3 is 0 Å². The van der Waals surface area contributed by atoms with Gasteiger partial charge in [0, 0.05) is 12.7 Å². The second kappa shape index (κ2) is 5.34. The molecule has 0 fully saturated rings. The Morgan fingerprint density at radius 2 is 2.06 bits per heavy atom. The molecule has 2 N–H and O–H groups in total. The number of amides is 1. The lowest BCUT2D eigenvalue weighted by Gasteiger charge is -2.06. The third-order valence-electron chi connectivity index (χ3n) is 2.78. The van der Waals surface area contributed by atoms with Crippen molar-refractivity contribution in [3.63, 3.8) is 0 Å². The van der Waals surface area contributed by atoms with Crippen LogP contribution in [0.5, 0.6) is 0 Å². The van der Waals surface area contributed by atoms with E-state index in [9.17, 15) is 4.79 Å². The van der Waals surface area contributed by atoms with Gasteiger partial charge in [-0.1, -0.05) is 24.3 Å². The number of aromatic amines is 1. The van der Waals surface area contributed by atoms with Crippen molar-refractivity contribution in [2.24, 2.45) is 0 Å². The fourth-order valence-electron chi connectivity index (χ4n) is 1.77. The molecule has 3 nitrogen and oxygen atoms in total. The Morgan fingerprint density at radius 1 is 1.24 bits per heavy atom. The second-order valence-corrected chi connectivity index (χ2v) is 4.02. The maximum Gasteiger partial charge on any atom is 0.267 e. The molecule has 0 atom stereocenters. The van der Waals surface area contributed by atoms with E-state index in [1.807, 2.05) is 18.2 Å². The summed E-state index contributed by atoms with van der Waals surface area (Å²) in [7, 11) is 0. The van der Waals surface area contributed by atoms with E-state index in [0.29, 0.717) is 12.2 Å². The summed E-state index contributed by atoms with van der Waals surface area (Å²) >= 11 is 0. The van der Waals surface area contributed by atoms with E-state index in [2.05, 4.69) is 29.4 Å². The molecular formula is C14H16N2O. The molecule has 0 bridgehead atoms. The Balaban J connectivity index is 1.84. The van der Waals surface area contributed by atoms with Crippen LogP contribution in [-0.4, -0.2) is 17.4 Å². The van der Waals surface area contributed by atoms with Crippen LogP contribution < -0.4 is 5.32 Å². The van der Waals surface area contributed by atoms with Crippen LogP contribution in [-0.2, 0) is 6.42 Å². The lowest BCUT2D eigenvalue weighted by atomic mass is 10.1. The van der Waals surface area contributed by atoms with E-state index in [1.54, 1.807) is 12.3 Å². The summed E-state index contributed by atoms with van der Waals surface area (Å²) in [5, 5.41) is 2.89. The van der Waals surface area contributed by atoms with Crippen LogP contribution in [0.25, 0.3) is 0 Å². The van der Waals surface area contributed by atoms with Gasteiger partial charge in [0.05, 0.1) is 0 Å². The maximum absolute atomic E-state index is 11.6. The molecular weight excluding hydrogens is 212 g/mol. The minimum Gasteiger partial charge on any atom is -0.357 e. The van der Waals surface area contributed by atoms with Gasteiger partial charge in [0.2, 0.25) is 0 Å². The molecule has 0 spiro atoms. The first-order valence-corrected chi connectivity index (χ1v) is 5.73. The summed E-state index contributed by atoms with van der Waals surface area (Å²) in [5.74, 6) is -0.0522. The van der Waals surface area contributed by atoms with E-state index in [0.717, 1.165) is 6.42 Å². The third-order valence-corrected chi connectivity index (χ3v) is 2.78. The van der Waals surface area contributed by atoms with E-state index in [-0.39, 0.29) is 5.91 Å². The van der Waals surface area contributed by atoms with Crippen molar-refractivity contribution in [3.8, 4) is 0 Å². The molecule has 1 aromatic carbocycles. The molecule has 2 rings (SSSR count). The number of rotatable bonds is 4.